The molecular weight excluding hydrogens is 254 g/mol. The Hall–Kier alpha value is -1.65. The molecule has 0 aliphatic heterocycles. The Balaban J connectivity index is 2.23. The van der Waals surface area contributed by atoms with Gasteiger partial charge in [0, 0.05) is 18.4 Å². The molecule has 1 aliphatic carbocycles. The van der Waals surface area contributed by atoms with Crippen LogP contribution in [0.1, 0.15) is 37.2 Å². The number of phenolic OH excluding ortho intramolecular Hbond substituents is 1. The Morgan fingerprint density at radius 3 is 2.37 bits per heavy atom. The zero-order chi connectivity index (χ0) is 14.0. The number of carbonyl (C=O) groups is 1. The molecule has 104 valence electrons. The quantitative estimate of drug-likeness (QED) is 0.885. The second-order valence-electron chi connectivity index (χ2n) is 5.07. The number of para-hydroxylation sites is 1. The summed E-state index contributed by atoms with van der Waals surface area (Å²) in [6.07, 6.45) is -0.235. The van der Waals surface area contributed by atoms with E-state index in [1.54, 1.807) is 18.2 Å². The number of carboxylic acids is 1. The van der Waals surface area contributed by atoms with Gasteiger partial charge in [0.1, 0.15) is 5.75 Å². The molecule has 0 amide bonds. The lowest BCUT2D eigenvalue weighted by Gasteiger charge is -2.32. The van der Waals surface area contributed by atoms with E-state index in [0.717, 1.165) is 0 Å². The van der Waals surface area contributed by atoms with Crippen molar-refractivity contribution >= 4 is 5.97 Å². The van der Waals surface area contributed by atoms with Crippen LogP contribution in [0.5, 0.6) is 5.75 Å². The third-order valence-electron chi connectivity index (χ3n) is 3.77. The van der Waals surface area contributed by atoms with Gasteiger partial charge in [-0.25, -0.2) is 8.78 Å². The summed E-state index contributed by atoms with van der Waals surface area (Å²) in [5.74, 6) is -5.12. The highest BCUT2D eigenvalue weighted by atomic mass is 19.3. The summed E-state index contributed by atoms with van der Waals surface area (Å²) >= 11 is 0. The third kappa shape index (κ3) is 3.03. The van der Waals surface area contributed by atoms with E-state index in [1.807, 2.05) is 0 Å². The minimum Gasteiger partial charge on any atom is -0.508 e. The number of rotatable bonds is 3. The van der Waals surface area contributed by atoms with Gasteiger partial charge in [-0.05, 0) is 24.8 Å². The van der Waals surface area contributed by atoms with E-state index in [0.29, 0.717) is 5.56 Å². The molecule has 1 fully saturated rings. The van der Waals surface area contributed by atoms with Gasteiger partial charge in [-0.1, -0.05) is 18.2 Å². The van der Waals surface area contributed by atoms with Crippen molar-refractivity contribution in [3.8, 4) is 5.75 Å². The lowest BCUT2D eigenvalue weighted by atomic mass is 9.75. The molecule has 2 rings (SSSR count). The Morgan fingerprint density at radius 2 is 1.84 bits per heavy atom. The van der Waals surface area contributed by atoms with Crippen LogP contribution in [0.15, 0.2) is 24.3 Å². The second-order valence-corrected chi connectivity index (χ2v) is 5.07. The van der Waals surface area contributed by atoms with Crippen LogP contribution in [-0.2, 0) is 4.79 Å². The Kier molecular flexibility index (Phi) is 3.73. The molecule has 5 heteroatoms. The number of carboxylic acid groups (broad SMARTS) is 1. The van der Waals surface area contributed by atoms with Gasteiger partial charge < -0.3 is 10.2 Å². The van der Waals surface area contributed by atoms with Crippen LogP contribution in [0, 0.1) is 5.92 Å². The first-order chi connectivity index (χ1) is 8.91. The predicted molar refractivity (Wildman–Crippen MR) is 65.4 cm³/mol. The van der Waals surface area contributed by atoms with E-state index >= 15 is 0 Å². The molecule has 0 radical (unpaired) electrons. The molecule has 19 heavy (non-hydrogen) atoms. The zero-order valence-electron chi connectivity index (χ0n) is 10.4. The van der Waals surface area contributed by atoms with E-state index < -0.39 is 17.8 Å². The fraction of sp³-hybridized carbons (Fsp3) is 0.500. The summed E-state index contributed by atoms with van der Waals surface area (Å²) in [4.78, 5) is 11.4. The van der Waals surface area contributed by atoms with Gasteiger partial charge in [0.05, 0.1) is 5.92 Å². The van der Waals surface area contributed by atoms with E-state index in [2.05, 4.69) is 0 Å². The Bertz CT molecular complexity index is 464. The number of halogens is 2. The van der Waals surface area contributed by atoms with E-state index in [1.165, 1.54) is 6.07 Å². The van der Waals surface area contributed by atoms with Crippen LogP contribution >= 0.6 is 0 Å². The smallest absolute Gasteiger partial charge is 0.311 e. The van der Waals surface area contributed by atoms with Crippen LogP contribution < -0.4 is 0 Å². The number of alkyl halides is 2. The fourth-order valence-electron chi connectivity index (χ4n) is 2.73. The van der Waals surface area contributed by atoms with Gasteiger partial charge in [-0.3, -0.25) is 4.79 Å². The van der Waals surface area contributed by atoms with Crippen molar-refractivity contribution in [3.05, 3.63) is 29.8 Å². The first-order valence-electron chi connectivity index (χ1n) is 6.29. The number of hydrogen-bond donors (Lipinski definition) is 2. The van der Waals surface area contributed by atoms with Crippen molar-refractivity contribution in [2.24, 2.45) is 5.92 Å². The monoisotopic (exact) mass is 270 g/mol. The van der Waals surface area contributed by atoms with E-state index in [4.69, 9.17) is 0 Å². The zero-order valence-corrected chi connectivity index (χ0v) is 10.4. The number of aliphatic carboxylic acids is 1. The first kappa shape index (κ1) is 13.8. The number of benzene rings is 1. The van der Waals surface area contributed by atoms with Crippen LogP contribution in [-0.4, -0.2) is 22.1 Å². The van der Waals surface area contributed by atoms with Crippen molar-refractivity contribution in [1.29, 1.82) is 0 Å². The molecule has 3 nitrogen and oxygen atoms in total. The van der Waals surface area contributed by atoms with Crippen molar-refractivity contribution in [2.75, 3.05) is 0 Å². The summed E-state index contributed by atoms with van der Waals surface area (Å²) in [5, 5.41) is 19.1. The maximum absolute atomic E-state index is 13.1. The average Bonchev–Trinajstić information content (AvgIpc) is 2.33. The van der Waals surface area contributed by atoms with Crippen molar-refractivity contribution in [3.63, 3.8) is 0 Å². The molecule has 1 saturated carbocycles. The fourth-order valence-corrected chi connectivity index (χ4v) is 2.73. The highest BCUT2D eigenvalue weighted by Crippen LogP contribution is 2.43. The molecule has 0 unspecified atom stereocenters. The van der Waals surface area contributed by atoms with Crippen molar-refractivity contribution < 1.29 is 23.8 Å². The number of phenols is 1. The summed E-state index contributed by atoms with van der Waals surface area (Å²) in [7, 11) is 0. The molecule has 0 heterocycles. The Morgan fingerprint density at radius 1 is 1.26 bits per heavy atom. The normalized spacial score (nSPS) is 20.9. The molecule has 0 bridgehead atoms. The molecule has 1 aromatic rings. The molecule has 1 aliphatic rings. The molecule has 1 aromatic carbocycles. The third-order valence-corrected chi connectivity index (χ3v) is 3.77. The SMILES string of the molecule is O=C(O)[C@@H](c1ccccc1O)C1CCC(F)(F)CC1. The highest BCUT2D eigenvalue weighted by Gasteiger charge is 2.40. The van der Waals surface area contributed by atoms with Crippen LogP contribution in [0.2, 0.25) is 0 Å². The van der Waals surface area contributed by atoms with Gasteiger partial charge in [-0.2, -0.15) is 0 Å². The molecule has 0 saturated heterocycles. The molecule has 0 spiro atoms. The maximum Gasteiger partial charge on any atom is 0.311 e. The topological polar surface area (TPSA) is 57.5 Å². The van der Waals surface area contributed by atoms with Crippen LogP contribution in [0.25, 0.3) is 0 Å². The average molecular weight is 270 g/mol. The number of aromatic hydroxyl groups is 1. The lowest BCUT2D eigenvalue weighted by molar-refractivity contribution is -0.141. The van der Waals surface area contributed by atoms with E-state index in [-0.39, 0.29) is 37.4 Å². The summed E-state index contributed by atoms with van der Waals surface area (Å²) in [5.41, 5.74) is 0.310. The molecule has 0 aromatic heterocycles. The number of hydrogen-bond acceptors (Lipinski definition) is 2. The van der Waals surface area contributed by atoms with Crippen LogP contribution in [0.4, 0.5) is 8.78 Å². The highest BCUT2D eigenvalue weighted by molar-refractivity contribution is 5.77. The predicted octanol–water partition coefficient (Wildman–Crippen LogP) is 3.39. The van der Waals surface area contributed by atoms with E-state index in [9.17, 15) is 23.8 Å². The van der Waals surface area contributed by atoms with Gasteiger partial charge in [0.2, 0.25) is 5.92 Å². The standard InChI is InChI=1S/C14H16F2O3/c15-14(16)7-5-9(6-8-14)12(13(18)19)10-3-1-2-4-11(10)17/h1-4,9,12,17H,5-8H2,(H,18,19)/t12-/m1/s1. The lowest BCUT2D eigenvalue weighted by Crippen LogP contribution is -2.30. The minimum atomic E-state index is -2.68. The second kappa shape index (κ2) is 5.15. The van der Waals surface area contributed by atoms with Crippen molar-refractivity contribution in [2.45, 2.75) is 37.5 Å². The summed E-state index contributed by atoms with van der Waals surface area (Å²) in [6, 6.07) is 6.21. The summed E-state index contributed by atoms with van der Waals surface area (Å²) in [6.45, 7) is 0. The van der Waals surface area contributed by atoms with Crippen molar-refractivity contribution in [1.82, 2.24) is 0 Å². The summed E-state index contributed by atoms with van der Waals surface area (Å²) < 4.78 is 26.3. The maximum atomic E-state index is 13.1. The first-order valence-corrected chi connectivity index (χ1v) is 6.29. The largest absolute Gasteiger partial charge is 0.508 e. The van der Waals surface area contributed by atoms with Gasteiger partial charge >= 0.3 is 5.97 Å². The van der Waals surface area contributed by atoms with Crippen LogP contribution in [0.3, 0.4) is 0 Å². The van der Waals surface area contributed by atoms with Gasteiger partial charge in [0.15, 0.2) is 0 Å². The Labute approximate surface area is 109 Å². The molecule has 2 N–H and O–H groups in total. The minimum absolute atomic E-state index is 0.0905. The molecule has 1 atom stereocenters. The van der Waals surface area contributed by atoms with Gasteiger partial charge in [-0.15, -0.1) is 0 Å². The van der Waals surface area contributed by atoms with Gasteiger partial charge in [0.25, 0.3) is 0 Å². The molecular formula is C14H16F2O3.